The number of hydrogen-bond acceptors (Lipinski definition) is 3. The van der Waals surface area contributed by atoms with Gasteiger partial charge in [-0.05, 0) is 30.7 Å². The van der Waals surface area contributed by atoms with Crippen LogP contribution >= 0.6 is 23.2 Å². The van der Waals surface area contributed by atoms with E-state index in [1.807, 2.05) is 30.3 Å². The molecule has 1 heterocycles. The quantitative estimate of drug-likeness (QED) is 0.526. The van der Waals surface area contributed by atoms with Crippen molar-refractivity contribution in [3.8, 4) is 11.6 Å². The number of rotatable bonds is 6. The number of carbonyl (C=O) groups excluding carboxylic acids is 1. The van der Waals surface area contributed by atoms with Gasteiger partial charge in [-0.25, -0.2) is 9.67 Å². The van der Waals surface area contributed by atoms with Gasteiger partial charge in [0.15, 0.2) is 0 Å². The minimum absolute atomic E-state index is 0.166. The molecule has 3 rings (SSSR count). The van der Waals surface area contributed by atoms with E-state index >= 15 is 0 Å². The number of carbonyl (C=O) groups is 1. The lowest BCUT2D eigenvalue weighted by molar-refractivity contribution is 0.0998. The summed E-state index contributed by atoms with van der Waals surface area (Å²) in [6, 6.07) is 16.2. The molecule has 0 atom stereocenters. The van der Waals surface area contributed by atoms with Gasteiger partial charge < -0.3 is 4.74 Å². The third-order valence-corrected chi connectivity index (χ3v) is 4.57. The Morgan fingerprint density at radius 2 is 1.82 bits per heavy atom. The SMILES string of the molecule is CCCCOc1cc(=NC(=O)c2c(Cl)cccc2Cl)cnn1-c1ccccc1. The Morgan fingerprint density at radius 3 is 2.50 bits per heavy atom. The number of benzene rings is 2. The topological polar surface area (TPSA) is 56.5 Å². The second-order valence-corrected chi connectivity index (χ2v) is 6.83. The van der Waals surface area contributed by atoms with Gasteiger partial charge in [-0.3, -0.25) is 4.79 Å². The second-order valence-electron chi connectivity index (χ2n) is 6.01. The monoisotopic (exact) mass is 415 g/mol. The van der Waals surface area contributed by atoms with Crippen molar-refractivity contribution in [2.24, 2.45) is 4.99 Å². The smallest absolute Gasteiger partial charge is 0.280 e. The normalized spacial score (nSPS) is 11.5. The van der Waals surface area contributed by atoms with E-state index in [1.54, 1.807) is 28.9 Å². The van der Waals surface area contributed by atoms with Crippen LogP contribution in [0.4, 0.5) is 0 Å². The molecule has 0 aliphatic heterocycles. The maximum absolute atomic E-state index is 12.6. The highest BCUT2D eigenvalue weighted by Gasteiger charge is 2.14. The molecule has 0 saturated heterocycles. The van der Waals surface area contributed by atoms with Crippen molar-refractivity contribution >= 4 is 29.1 Å². The van der Waals surface area contributed by atoms with E-state index in [0.717, 1.165) is 18.5 Å². The van der Waals surface area contributed by atoms with Crippen LogP contribution in [0.3, 0.4) is 0 Å². The highest BCUT2D eigenvalue weighted by molar-refractivity contribution is 6.39. The molecule has 0 spiro atoms. The van der Waals surface area contributed by atoms with Gasteiger partial charge in [0, 0.05) is 6.07 Å². The largest absolute Gasteiger partial charge is 0.478 e. The molecule has 0 aliphatic carbocycles. The fourth-order valence-corrected chi connectivity index (χ4v) is 3.08. The number of aromatic nitrogens is 2. The first-order chi connectivity index (χ1) is 13.6. The van der Waals surface area contributed by atoms with Crippen LogP contribution in [-0.2, 0) is 0 Å². The van der Waals surface area contributed by atoms with Crippen molar-refractivity contribution in [1.29, 1.82) is 0 Å². The summed E-state index contributed by atoms with van der Waals surface area (Å²) in [7, 11) is 0. The lowest BCUT2D eigenvalue weighted by atomic mass is 10.2. The van der Waals surface area contributed by atoms with Gasteiger partial charge in [-0.1, -0.05) is 60.8 Å². The molecule has 0 radical (unpaired) electrons. The van der Waals surface area contributed by atoms with Gasteiger partial charge in [-0.2, -0.15) is 5.10 Å². The van der Waals surface area contributed by atoms with Crippen LogP contribution in [0.25, 0.3) is 5.69 Å². The summed E-state index contributed by atoms with van der Waals surface area (Å²) >= 11 is 12.2. The van der Waals surface area contributed by atoms with Crippen molar-refractivity contribution < 1.29 is 9.53 Å². The Morgan fingerprint density at radius 1 is 1.11 bits per heavy atom. The van der Waals surface area contributed by atoms with Gasteiger partial charge in [0.1, 0.15) is 0 Å². The third kappa shape index (κ3) is 4.80. The molecule has 2 aromatic carbocycles. The first-order valence-corrected chi connectivity index (χ1v) is 9.66. The van der Waals surface area contributed by atoms with E-state index in [0.29, 0.717) is 17.8 Å². The predicted octanol–water partition coefficient (Wildman–Crippen LogP) is 5.10. The molecule has 28 heavy (non-hydrogen) atoms. The summed E-state index contributed by atoms with van der Waals surface area (Å²) in [5, 5.41) is 5.27. The molecule has 144 valence electrons. The molecular weight excluding hydrogens is 397 g/mol. The molecule has 3 aromatic rings. The maximum atomic E-state index is 12.6. The van der Waals surface area contributed by atoms with Crippen LogP contribution in [0.1, 0.15) is 30.1 Å². The number of hydrogen-bond donors (Lipinski definition) is 0. The number of unbranched alkanes of at least 4 members (excludes halogenated alkanes) is 1. The van der Waals surface area contributed by atoms with Crippen molar-refractivity contribution in [3.05, 3.63) is 81.8 Å². The first-order valence-electron chi connectivity index (χ1n) is 8.91. The van der Waals surface area contributed by atoms with E-state index in [-0.39, 0.29) is 15.6 Å². The van der Waals surface area contributed by atoms with Gasteiger partial charge >= 0.3 is 0 Å². The Labute approximate surface area is 173 Å². The zero-order chi connectivity index (χ0) is 19.9. The Balaban J connectivity index is 2.01. The van der Waals surface area contributed by atoms with E-state index in [4.69, 9.17) is 27.9 Å². The third-order valence-electron chi connectivity index (χ3n) is 3.94. The fourth-order valence-electron chi connectivity index (χ4n) is 2.52. The van der Waals surface area contributed by atoms with Crippen LogP contribution < -0.4 is 10.1 Å². The number of para-hydroxylation sites is 1. The molecule has 0 fully saturated rings. The number of halogens is 2. The Hall–Kier alpha value is -2.63. The molecule has 0 saturated carbocycles. The lowest BCUT2D eigenvalue weighted by Gasteiger charge is -2.13. The van der Waals surface area contributed by atoms with Crippen molar-refractivity contribution in [2.45, 2.75) is 19.8 Å². The van der Waals surface area contributed by atoms with Crippen molar-refractivity contribution in [3.63, 3.8) is 0 Å². The minimum atomic E-state index is -0.533. The average molecular weight is 416 g/mol. The van der Waals surface area contributed by atoms with Crippen molar-refractivity contribution in [1.82, 2.24) is 9.78 Å². The molecule has 1 aromatic heterocycles. The van der Waals surface area contributed by atoms with E-state index in [1.165, 1.54) is 6.20 Å². The molecule has 1 amide bonds. The van der Waals surface area contributed by atoms with Crippen LogP contribution in [-0.4, -0.2) is 22.3 Å². The molecule has 0 bridgehead atoms. The fraction of sp³-hybridized carbons (Fsp3) is 0.190. The Bertz CT molecular complexity index is 1010. The maximum Gasteiger partial charge on any atom is 0.280 e. The van der Waals surface area contributed by atoms with Gasteiger partial charge in [-0.15, -0.1) is 0 Å². The molecule has 7 heteroatoms. The van der Waals surface area contributed by atoms with Crippen LogP contribution in [0, 0.1) is 0 Å². The molecule has 5 nitrogen and oxygen atoms in total. The van der Waals surface area contributed by atoms with Crippen LogP contribution in [0.2, 0.25) is 10.0 Å². The van der Waals surface area contributed by atoms with E-state index in [2.05, 4.69) is 17.0 Å². The summed E-state index contributed by atoms with van der Waals surface area (Å²) < 4.78 is 7.55. The minimum Gasteiger partial charge on any atom is -0.478 e. The van der Waals surface area contributed by atoms with Crippen LogP contribution in [0.15, 0.2) is 65.8 Å². The highest BCUT2D eigenvalue weighted by Crippen LogP contribution is 2.24. The lowest BCUT2D eigenvalue weighted by Crippen LogP contribution is -2.16. The van der Waals surface area contributed by atoms with E-state index in [9.17, 15) is 4.79 Å². The van der Waals surface area contributed by atoms with Gasteiger partial charge in [0.2, 0.25) is 5.88 Å². The Kier molecular flexibility index (Phi) is 6.85. The summed E-state index contributed by atoms with van der Waals surface area (Å²) in [6.45, 7) is 2.63. The number of amides is 1. The highest BCUT2D eigenvalue weighted by atomic mass is 35.5. The zero-order valence-corrected chi connectivity index (χ0v) is 16.8. The van der Waals surface area contributed by atoms with E-state index < -0.39 is 5.91 Å². The molecule has 0 N–H and O–H groups in total. The zero-order valence-electron chi connectivity index (χ0n) is 15.3. The van der Waals surface area contributed by atoms with Gasteiger partial charge in [0.25, 0.3) is 5.91 Å². The molecular formula is C21H19Cl2N3O2. The predicted molar refractivity (Wildman–Crippen MR) is 110 cm³/mol. The summed E-state index contributed by atoms with van der Waals surface area (Å²) in [6.07, 6.45) is 3.42. The summed E-state index contributed by atoms with van der Waals surface area (Å²) in [5.41, 5.74) is 1.01. The number of ether oxygens (including phenoxy) is 1. The van der Waals surface area contributed by atoms with Crippen molar-refractivity contribution in [2.75, 3.05) is 6.61 Å². The average Bonchev–Trinajstić information content (AvgIpc) is 2.69. The van der Waals surface area contributed by atoms with Crippen LogP contribution in [0.5, 0.6) is 5.88 Å². The molecule has 0 aliphatic rings. The van der Waals surface area contributed by atoms with Gasteiger partial charge in [0.05, 0.1) is 39.5 Å². The second kappa shape index (κ2) is 9.53. The number of nitrogens with zero attached hydrogens (tertiary/aromatic N) is 3. The summed E-state index contributed by atoms with van der Waals surface area (Å²) in [4.78, 5) is 16.7. The summed E-state index contributed by atoms with van der Waals surface area (Å²) in [5.74, 6) is -0.0340. The standard InChI is InChI=1S/C21H19Cl2N3O2/c1-2-3-12-28-19-13-15(14-24-26(19)16-8-5-4-6-9-16)25-21(27)20-17(22)10-7-11-18(20)23/h4-11,13-14H,2-3,12H2,1H3. The first kappa shape index (κ1) is 20.1. The molecule has 0 unspecified atom stereocenters.